The molecule has 3 rings (SSSR count). The highest BCUT2D eigenvalue weighted by Crippen LogP contribution is 2.32. The lowest BCUT2D eigenvalue weighted by Gasteiger charge is -2.18. The Morgan fingerprint density at radius 1 is 1.03 bits per heavy atom. The van der Waals surface area contributed by atoms with Crippen LogP contribution >= 0.6 is 0 Å². The Kier molecular flexibility index (Phi) is 6.94. The van der Waals surface area contributed by atoms with Crippen LogP contribution in [0.3, 0.4) is 0 Å². The molecule has 0 saturated carbocycles. The second-order valence-corrected chi connectivity index (χ2v) is 8.74. The summed E-state index contributed by atoms with van der Waals surface area (Å²) < 4.78 is 40.9. The number of carbonyl (C=O) groups is 2. The number of esters is 1. The van der Waals surface area contributed by atoms with Gasteiger partial charge in [0.1, 0.15) is 13.2 Å². The molecule has 1 N–H and O–H groups in total. The van der Waals surface area contributed by atoms with Crippen molar-refractivity contribution in [3.63, 3.8) is 0 Å². The number of fused-ring (bicyclic) bond motifs is 1. The van der Waals surface area contributed by atoms with Crippen LogP contribution in [0.15, 0.2) is 47.4 Å². The molecule has 0 atom stereocenters. The maximum Gasteiger partial charge on any atom is 0.338 e. The first-order chi connectivity index (χ1) is 14.4. The van der Waals surface area contributed by atoms with E-state index in [0.29, 0.717) is 42.6 Å². The van der Waals surface area contributed by atoms with Crippen molar-refractivity contribution in [2.45, 2.75) is 24.7 Å². The molecule has 2 aromatic rings. The summed E-state index contributed by atoms with van der Waals surface area (Å²) in [5.41, 5.74) is 0.839. The van der Waals surface area contributed by atoms with Gasteiger partial charge in [-0.3, -0.25) is 4.79 Å². The van der Waals surface area contributed by atoms with E-state index >= 15 is 0 Å². The normalized spacial score (nSPS) is 12.8. The van der Waals surface area contributed by atoms with E-state index in [0.717, 1.165) is 6.42 Å². The number of nitrogens with one attached hydrogen (secondary N) is 1. The molecule has 9 heteroatoms. The average Bonchev–Trinajstić information content (AvgIpc) is 2.76. The summed E-state index contributed by atoms with van der Waals surface area (Å²) in [6.45, 7) is 3.02. The van der Waals surface area contributed by atoms with Gasteiger partial charge in [-0.2, -0.15) is 0 Å². The van der Waals surface area contributed by atoms with Gasteiger partial charge in [0.15, 0.2) is 21.3 Å². The van der Waals surface area contributed by atoms with Crippen LogP contribution < -0.4 is 14.8 Å². The molecule has 8 nitrogen and oxygen atoms in total. The summed E-state index contributed by atoms with van der Waals surface area (Å²) >= 11 is 0. The van der Waals surface area contributed by atoms with E-state index in [1.807, 2.05) is 6.92 Å². The molecule has 0 bridgehead atoms. The fourth-order valence-corrected chi connectivity index (χ4v) is 4.01. The van der Waals surface area contributed by atoms with Gasteiger partial charge < -0.3 is 19.5 Å². The van der Waals surface area contributed by atoms with E-state index < -0.39 is 21.7 Å². The summed E-state index contributed by atoms with van der Waals surface area (Å²) in [5.74, 6) is -0.345. The Balaban J connectivity index is 1.55. The SMILES string of the molecule is CCCOC(=O)c1ccc(NC(=O)CCS(=O)(=O)c2ccc3c(c2)OCCO3)cc1. The predicted molar refractivity (Wildman–Crippen MR) is 110 cm³/mol. The Bertz CT molecular complexity index is 1020. The minimum absolute atomic E-state index is 0.0782. The molecule has 0 aromatic heterocycles. The highest BCUT2D eigenvalue weighted by atomic mass is 32.2. The first kappa shape index (κ1) is 21.6. The standard InChI is InChI=1S/C21H23NO7S/c1-2-10-29-21(24)15-3-5-16(6-4-15)22-20(23)9-13-30(25,26)17-7-8-18-19(14-17)28-12-11-27-18/h3-8,14H,2,9-13H2,1H3,(H,22,23). The fourth-order valence-electron chi connectivity index (χ4n) is 2.75. The molecule has 0 unspecified atom stereocenters. The van der Waals surface area contributed by atoms with E-state index in [1.165, 1.54) is 12.1 Å². The fraction of sp³-hybridized carbons (Fsp3) is 0.333. The van der Waals surface area contributed by atoms with Gasteiger partial charge >= 0.3 is 5.97 Å². The molecule has 1 aliphatic heterocycles. The van der Waals surface area contributed by atoms with Crippen molar-refractivity contribution < 1.29 is 32.2 Å². The lowest BCUT2D eigenvalue weighted by Crippen LogP contribution is -2.18. The number of carbonyl (C=O) groups excluding carboxylic acids is 2. The monoisotopic (exact) mass is 433 g/mol. The average molecular weight is 433 g/mol. The number of amides is 1. The highest BCUT2D eigenvalue weighted by Gasteiger charge is 2.20. The molecule has 0 saturated heterocycles. The lowest BCUT2D eigenvalue weighted by atomic mass is 10.2. The van der Waals surface area contributed by atoms with E-state index in [1.54, 1.807) is 30.3 Å². The van der Waals surface area contributed by atoms with Crippen LogP contribution in [0, 0.1) is 0 Å². The van der Waals surface area contributed by atoms with Crippen LogP contribution in [-0.4, -0.2) is 45.9 Å². The van der Waals surface area contributed by atoms with E-state index in [2.05, 4.69) is 5.32 Å². The van der Waals surface area contributed by atoms with Gasteiger partial charge in [-0.25, -0.2) is 13.2 Å². The molecule has 1 aliphatic rings. The summed E-state index contributed by atoms with van der Waals surface area (Å²) in [7, 11) is -3.67. The second-order valence-electron chi connectivity index (χ2n) is 6.64. The Hall–Kier alpha value is -3.07. The van der Waals surface area contributed by atoms with Gasteiger partial charge in [0, 0.05) is 18.2 Å². The maximum absolute atomic E-state index is 12.6. The van der Waals surface area contributed by atoms with Gasteiger partial charge in [-0.1, -0.05) is 6.92 Å². The predicted octanol–water partition coefficient (Wildman–Crippen LogP) is 2.83. The van der Waals surface area contributed by atoms with Crippen molar-refractivity contribution in [1.29, 1.82) is 0 Å². The molecule has 0 spiro atoms. The Morgan fingerprint density at radius 3 is 2.43 bits per heavy atom. The molecule has 0 radical (unpaired) electrons. The van der Waals surface area contributed by atoms with Crippen molar-refractivity contribution in [2.24, 2.45) is 0 Å². The zero-order valence-corrected chi connectivity index (χ0v) is 17.4. The van der Waals surface area contributed by atoms with Crippen LogP contribution in [0.5, 0.6) is 11.5 Å². The summed E-state index contributed by atoms with van der Waals surface area (Å²) in [6.07, 6.45) is 0.520. The number of hydrogen-bond donors (Lipinski definition) is 1. The van der Waals surface area contributed by atoms with Crippen LogP contribution in [0.25, 0.3) is 0 Å². The smallest absolute Gasteiger partial charge is 0.338 e. The Morgan fingerprint density at radius 2 is 1.73 bits per heavy atom. The molecular weight excluding hydrogens is 410 g/mol. The number of anilines is 1. The minimum atomic E-state index is -3.67. The van der Waals surface area contributed by atoms with E-state index in [-0.39, 0.29) is 17.1 Å². The lowest BCUT2D eigenvalue weighted by molar-refractivity contribution is -0.115. The van der Waals surface area contributed by atoms with Crippen LogP contribution in [0.1, 0.15) is 30.1 Å². The molecule has 1 heterocycles. The minimum Gasteiger partial charge on any atom is -0.486 e. The second kappa shape index (κ2) is 9.62. The third kappa shape index (κ3) is 5.50. The Labute approximate surface area is 175 Å². The molecule has 30 heavy (non-hydrogen) atoms. The molecular formula is C21H23NO7S. The molecule has 2 aromatic carbocycles. The molecule has 160 valence electrons. The van der Waals surface area contributed by atoms with Crippen molar-refractivity contribution in [1.82, 2.24) is 0 Å². The summed E-state index contributed by atoms with van der Waals surface area (Å²) in [4.78, 5) is 24.0. The third-order valence-electron chi connectivity index (χ3n) is 4.31. The zero-order valence-electron chi connectivity index (χ0n) is 16.6. The summed E-state index contributed by atoms with van der Waals surface area (Å²) in [6, 6.07) is 10.6. The zero-order chi connectivity index (χ0) is 21.6. The van der Waals surface area contributed by atoms with Crippen LogP contribution in [-0.2, 0) is 19.4 Å². The van der Waals surface area contributed by atoms with Crippen molar-refractivity contribution >= 4 is 27.4 Å². The molecule has 0 fully saturated rings. The van der Waals surface area contributed by atoms with Gasteiger partial charge in [0.05, 0.1) is 22.8 Å². The van der Waals surface area contributed by atoms with E-state index in [9.17, 15) is 18.0 Å². The van der Waals surface area contributed by atoms with Crippen LogP contribution in [0.2, 0.25) is 0 Å². The number of sulfone groups is 1. The maximum atomic E-state index is 12.6. The molecule has 1 amide bonds. The first-order valence-corrected chi connectivity index (χ1v) is 11.2. The quantitative estimate of drug-likeness (QED) is 0.638. The van der Waals surface area contributed by atoms with Crippen molar-refractivity contribution in [3.8, 4) is 11.5 Å². The molecule has 0 aliphatic carbocycles. The van der Waals surface area contributed by atoms with Gasteiger partial charge in [-0.15, -0.1) is 0 Å². The van der Waals surface area contributed by atoms with Gasteiger partial charge in [0.25, 0.3) is 0 Å². The highest BCUT2D eigenvalue weighted by molar-refractivity contribution is 7.91. The topological polar surface area (TPSA) is 108 Å². The van der Waals surface area contributed by atoms with Gasteiger partial charge in [0.2, 0.25) is 5.91 Å². The third-order valence-corrected chi connectivity index (χ3v) is 6.03. The number of rotatable bonds is 8. The van der Waals surface area contributed by atoms with E-state index in [4.69, 9.17) is 14.2 Å². The number of hydrogen-bond acceptors (Lipinski definition) is 7. The number of benzene rings is 2. The number of ether oxygens (including phenoxy) is 3. The van der Waals surface area contributed by atoms with Crippen molar-refractivity contribution in [3.05, 3.63) is 48.0 Å². The summed E-state index contributed by atoms with van der Waals surface area (Å²) in [5, 5.41) is 2.63. The van der Waals surface area contributed by atoms with Crippen LogP contribution in [0.4, 0.5) is 5.69 Å². The largest absolute Gasteiger partial charge is 0.486 e. The van der Waals surface area contributed by atoms with Gasteiger partial charge in [-0.05, 0) is 42.8 Å². The van der Waals surface area contributed by atoms with Crippen molar-refractivity contribution in [2.75, 3.05) is 30.9 Å². The first-order valence-electron chi connectivity index (χ1n) is 9.58.